The smallest absolute Gasteiger partial charge is 0.417 e. The van der Waals surface area contributed by atoms with E-state index in [0.717, 1.165) is 6.07 Å². The van der Waals surface area contributed by atoms with Gasteiger partial charge in [-0.1, -0.05) is 0 Å². The number of alkyl halides is 3. The maximum absolute atomic E-state index is 12.4. The van der Waals surface area contributed by atoms with Crippen LogP contribution in [0.25, 0.3) is 0 Å². The molecule has 1 aromatic rings. The Morgan fingerprint density at radius 1 is 1.30 bits per heavy atom. The summed E-state index contributed by atoms with van der Waals surface area (Å²) in [5.41, 5.74) is -0.857. The standard InChI is InChI=1S/C12H16F3N3O2/c1-17(2)5-6-18(8-11(19)20)10-4-3-9(7-16-10)12(13,14)15/h3-4,7H,5-6,8H2,1-2H3,(H,19,20). The number of carboxylic acids is 1. The van der Waals surface area contributed by atoms with Crippen LogP contribution in [0.3, 0.4) is 0 Å². The van der Waals surface area contributed by atoms with Crippen LogP contribution in [-0.2, 0) is 11.0 Å². The van der Waals surface area contributed by atoms with Crippen LogP contribution < -0.4 is 4.90 Å². The predicted octanol–water partition coefficient (Wildman–Crippen LogP) is 1.55. The van der Waals surface area contributed by atoms with Gasteiger partial charge in [0.2, 0.25) is 0 Å². The van der Waals surface area contributed by atoms with Gasteiger partial charge in [-0.15, -0.1) is 0 Å². The maximum Gasteiger partial charge on any atom is 0.417 e. The summed E-state index contributed by atoms with van der Waals surface area (Å²) in [4.78, 5) is 17.8. The first kappa shape index (κ1) is 16.2. The average molecular weight is 291 g/mol. The van der Waals surface area contributed by atoms with Gasteiger partial charge in [0.25, 0.3) is 0 Å². The molecule has 112 valence electrons. The van der Waals surface area contributed by atoms with Gasteiger partial charge >= 0.3 is 12.1 Å². The highest BCUT2D eigenvalue weighted by Gasteiger charge is 2.30. The predicted molar refractivity (Wildman–Crippen MR) is 67.6 cm³/mol. The van der Waals surface area contributed by atoms with E-state index < -0.39 is 17.7 Å². The molecule has 0 saturated carbocycles. The van der Waals surface area contributed by atoms with Gasteiger partial charge < -0.3 is 14.9 Å². The maximum atomic E-state index is 12.4. The zero-order valence-corrected chi connectivity index (χ0v) is 11.2. The number of carbonyl (C=O) groups is 1. The lowest BCUT2D eigenvalue weighted by Gasteiger charge is -2.23. The molecule has 0 bridgehead atoms. The van der Waals surface area contributed by atoms with Crippen molar-refractivity contribution in [3.05, 3.63) is 23.9 Å². The third-order valence-corrected chi connectivity index (χ3v) is 2.54. The van der Waals surface area contributed by atoms with E-state index in [2.05, 4.69) is 4.98 Å². The van der Waals surface area contributed by atoms with E-state index in [-0.39, 0.29) is 12.4 Å². The second-order valence-electron chi connectivity index (χ2n) is 4.52. The highest BCUT2D eigenvalue weighted by atomic mass is 19.4. The molecule has 0 aromatic carbocycles. The van der Waals surface area contributed by atoms with Crippen LogP contribution in [0.5, 0.6) is 0 Å². The number of rotatable bonds is 6. The topological polar surface area (TPSA) is 56.7 Å². The molecule has 1 N–H and O–H groups in total. The summed E-state index contributed by atoms with van der Waals surface area (Å²) in [6.45, 7) is 0.611. The van der Waals surface area contributed by atoms with Crippen molar-refractivity contribution in [1.82, 2.24) is 9.88 Å². The SMILES string of the molecule is CN(C)CCN(CC(=O)O)c1ccc(C(F)(F)F)cn1. The quantitative estimate of drug-likeness (QED) is 0.862. The summed E-state index contributed by atoms with van der Waals surface area (Å²) in [5, 5.41) is 8.83. The van der Waals surface area contributed by atoms with E-state index >= 15 is 0 Å². The van der Waals surface area contributed by atoms with E-state index in [1.807, 2.05) is 19.0 Å². The van der Waals surface area contributed by atoms with Crippen molar-refractivity contribution in [3.8, 4) is 0 Å². The number of aliphatic carboxylic acids is 1. The van der Waals surface area contributed by atoms with Crippen molar-refractivity contribution < 1.29 is 23.1 Å². The van der Waals surface area contributed by atoms with Crippen molar-refractivity contribution in [2.24, 2.45) is 0 Å². The normalized spacial score (nSPS) is 11.7. The number of anilines is 1. The molecule has 1 aromatic heterocycles. The van der Waals surface area contributed by atoms with Crippen molar-refractivity contribution in [2.75, 3.05) is 38.6 Å². The average Bonchev–Trinajstić information content (AvgIpc) is 2.33. The Labute approximate surface area is 114 Å². The van der Waals surface area contributed by atoms with Crippen LogP contribution in [-0.4, -0.2) is 54.7 Å². The van der Waals surface area contributed by atoms with Crippen LogP contribution in [0.15, 0.2) is 18.3 Å². The Kier molecular flexibility index (Phi) is 5.32. The second-order valence-corrected chi connectivity index (χ2v) is 4.52. The Morgan fingerprint density at radius 2 is 1.95 bits per heavy atom. The van der Waals surface area contributed by atoms with Gasteiger partial charge in [-0.25, -0.2) is 4.98 Å². The molecule has 0 aliphatic carbocycles. The number of likely N-dealkylation sites (N-methyl/N-ethyl adjacent to an activating group) is 1. The van der Waals surface area contributed by atoms with E-state index in [4.69, 9.17) is 5.11 Å². The first-order valence-electron chi connectivity index (χ1n) is 5.85. The minimum Gasteiger partial charge on any atom is -0.480 e. The fraction of sp³-hybridized carbons (Fsp3) is 0.500. The molecule has 1 rings (SSSR count). The summed E-state index contributed by atoms with van der Waals surface area (Å²) in [7, 11) is 3.64. The van der Waals surface area contributed by atoms with Crippen molar-refractivity contribution in [3.63, 3.8) is 0 Å². The van der Waals surface area contributed by atoms with Gasteiger partial charge in [0.15, 0.2) is 0 Å². The molecule has 20 heavy (non-hydrogen) atoms. The highest BCUT2D eigenvalue weighted by Crippen LogP contribution is 2.29. The highest BCUT2D eigenvalue weighted by molar-refractivity contribution is 5.73. The molecule has 0 aliphatic rings. The molecule has 0 amide bonds. The molecule has 0 spiro atoms. The Bertz CT molecular complexity index is 446. The minimum atomic E-state index is -4.45. The number of hydrogen-bond donors (Lipinski definition) is 1. The fourth-order valence-corrected chi connectivity index (χ4v) is 1.50. The molecular formula is C12H16F3N3O2. The molecule has 0 aliphatic heterocycles. The fourth-order valence-electron chi connectivity index (χ4n) is 1.50. The van der Waals surface area contributed by atoms with Crippen molar-refractivity contribution >= 4 is 11.8 Å². The van der Waals surface area contributed by atoms with Crippen LogP contribution in [0.4, 0.5) is 19.0 Å². The minimum absolute atomic E-state index is 0.210. The number of carboxylic acid groups (broad SMARTS) is 1. The van der Waals surface area contributed by atoms with Crippen LogP contribution in [0.2, 0.25) is 0 Å². The van der Waals surface area contributed by atoms with Gasteiger partial charge in [0, 0.05) is 19.3 Å². The van der Waals surface area contributed by atoms with E-state index in [1.54, 1.807) is 0 Å². The summed E-state index contributed by atoms with van der Waals surface area (Å²) in [6.07, 6.45) is -3.74. The van der Waals surface area contributed by atoms with Crippen LogP contribution in [0.1, 0.15) is 5.56 Å². The largest absolute Gasteiger partial charge is 0.480 e. The lowest BCUT2D eigenvalue weighted by Crippen LogP contribution is -2.36. The van der Waals surface area contributed by atoms with Gasteiger partial charge in [0.1, 0.15) is 12.4 Å². The third kappa shape index (κ3) is 5.04. The van der Waals surface area contributed by atoms with Crippen molar-refractivity contribution in [1.29, 1.82) is 0 Å². The third-order valence-electron chi connectivity index (χ3n) is 2.54. The molecule has 1 heterocycles. The van der Waals surface area contributed by atoms with E-state index in [9.17, 15) is 18.0 Å². The summed E-state index contributed by atoms with van der Waals surface area (Å²) >= 11 is 0. The molecule has 0 atom stereocenters. The van der Waals surface area contributed by atoms with E-state index in [1.165, 1.54) is 11.0 Å². The van der Waals surface area contributed by atoms with Crippen LogP contribution in [0, 0.1) is 0 Å². The van der Waals surface area contributed by atoms with Gasteiger partial charge in [0.05, 0.1) is 5.56 Å². The first-order chi connectivity index (χ1) is 9.20. The summed E-state index contributed by atoms with van der Waals surface area (Å²) in [5.74, 6) is -0.854. The Hall–Kier alpha value is -1.83. The zero-order chi connectivity index (χ0) is 15.3. The summed E-state index contributed by atoms with van der Waals surface area (Å²) < 4.78 is 37.3. The van der Waals surface area contributed by atoms with Gasteiger partial charge in [-0.05, 0) is 26.2 Å². The number of aromatic nitrogens is 1. The lowest BCUT2D eigenvalue weighted by atomic mass is 10.2. The van der Waals surface area contributed by atoms with E-state index in [0.29, 0.717) is 19.3 Å². The Morgan fingerprint density at radius 3 is 2.35 bits per heavy atom. The second kappa shape index (κ2) is 6.56. The molecule has 0 fully saturated rings. The number of pyridine rings is 1. The Balaban J connectivity index is 2.87. The molecule has 0 saturated heterocycles. The number of halogens is 3. The van der Waals surface area contributed by atoms with Crippen molar-refractivity contribution in [2.45, 2.75) is 6.18 Å². The lowest BCUT2D eigenvalue weighted by molar-refractivity contribution is -0.138. The van der Waals surface area contributed by atoms with Gasteiger partial charge in [-0.2, -0.15) is 13.2 Å². The monoisotopic (exact) mass is 291 g/mol. The zero-order valence-electron chi connectivity index (χ0n) is 11.2. The number of nitrogens with zero attached hydrogens (tertiary/aromatic N) is 3. The molecular weight excluding hydrogens is 275 g/mol. The molecule has 0 radical (unpaired) electrons. The molecule has 0 unspecified atom stereocenters. The van der Waals surface area contributed by atoms with Gasteiger partial charge in [-0.3, -0.25) is 4.79 Å². The first-order valence-corrected chi connectivity index (χ1v) is 5.85. The molecule has 8 heteroatoms. The molecule has 5 nitrogen and oxygen atoms in total. The van der Waals surface area contributed by atoms with Crippen LogP contribution >= 0.6 is 0 Å². The number of hydrogen-bond acceptors (Lipinski definition) is 4. The summed E-state index contributed by atoms with van der Waals surface area (Å²) in [6, 6.07) is 2.08.